The first-order chi connectivity index (χ1) is 8.66. The molecule has 2 rings (SSSR count). The van der Waals surface area contributed by atoms with Gasteiger partial charge < -0.3 is 15.5 Å². The van der Waals surface area contributed by atoms with Crippen LogP contribution in [0.2, 0.25) is 0 Å². The highest BCUT2D eigenvalue weighted by Crippen LogP contribution is 2.24. The Labute approximate surface area is 108 Å². The molecule has 0 aromatic carbocycles. The van der Waals surface area contributed by atoms with Gasteiger partial charge in [-0.3, -0.25) is 9.59 Å². The summed E-state index contributed by atoms with van der Waals surface area (Å²) in [4.78, 5) is 25.6. The fraction of sp³-hybridized carbons (Fsp3) is 0.846. The Balaban J connectivity index is 1.82. The zero-order valence-electron chi connectivity index (χ0n) is 11.1. The quantitative estimate of drug-likeness (QED) is 0.652. The van der Waals surface area contributed by atoms with Crippen molar-refractivity contribution in [3.8, 4) is 0 Å². The summed E-state index contributed by atoms with van der Waals surface area (Å²) in [5.74, 6) is -0.123. The summed E-state index contributed by atoms with van der Waals surface area (Å²) in [6, 6.07) is 0.196. The second-order valence-electron chi connectivity index (χ2n) is 5.48. The smallest absolute Gasteiger partial charge is 0.311 e. The molecule has 2 amide bonds. The van der Waals surface area contributed by atoms with Crippen LogP contribution in [0.3, 0.4) is 0 Å². The summed E-state index contributed by atoms with van der Waals surface area (Å²) in [5.41, 5.74) is 0. The van der Waals surface area contributed by atoms with E-state index in [9.17, 15) is 9.59 Å². The lowest BCUT2D eigenvalue weighted by molar-refractivity contribution is -0.146. The Bertz CT molecular complexity index is 311. The molecule has 2 fully saturated rings. The van der Waals surface area contributed by atoms with E-state index in [2.05, 4.69) is 17.6 Å². The lowest BCUT2D eigenvalue weighted by Crippen LogP contribution is -2.47. The third-order valence-electron chi connectivity index (χ3n) is 3.85. The summed E-state index contributed by atoms with van der Waals surface area (Å²) < 4.78 is 0. The van der Waals surface area contributed by atoms with Crippen LogP contribution < -0.4 is 10.6 Å². The van der Waals surface area contributed by atoms with Gasteiger partial charge in [-0.05, 0) is 38.1 Å². The van der Waals surface area contributed by atoms with Crippen molar-refractivity contribution in [2.75, 3.05) is 26.2 Å². The minimum atomic E-state index is -0.420. The molecule has 1 heterocycles. The molecule has 5 heteroatoms. The highest BCUT2D eigenvalue weighted by atomic mass is 16.2. The summed E-state index contributed by atoms with van der Waals surface area (Å²) in [6.45, 7) is 5.20. The number of nitrogens with zero attached hydrogens (tertiary/aromatic N) is 1. The van der Waals surface area contributed by atoms with E-state index >= 15 is 0 Å². The molecule has 0 aromatic heterocycles. The van der Waals surface area contributed by atoms with Gasteiger partial charge in [0, 0.05) is 25.7 Å². The topological polar surface area (TPSA) is 61.4 Å². The molecule has 2 N–H and O–H groups in total. The predicted octanol–water partition coefficient (Wildman–Crippen LogP) is 0.113. The molecule has 1 saturated heterocycles. The van der Waals surface area contributed by atoms with Gasteiger partial charge in [-0.15, -0.1) is 0 Å². The molecule has 5 nitrogen and oxygen atoms in total. The van der Waals surface area contributed by atoms with Gasteiger partial charge in [0.1, 0.15) is 0 Å². The number of hydrogen-bond donors (Lipinski definition) is 2. The van der Waals surface area contributed by atoms with E-state index in [1.807, 2.05) is 0 Å². The van der Waals surface area contributed by atoms with Crippen molar-refractivity contribution in [1.82, 2.24) is 15.5 Å². The van der Waals surface area contributed by atoms with Crippen molar-refractivity contribution >= 4 is 11.8 Å². The molecule has 2 atom stereocenters. The lowest BCUT2D eigenvalue weighted by Gasteiger charge is -2.20. The van der Waals surface area contributed by atoms with Gasteiger partial charge in [-0.2, -0.15) is 0 Å². The Hall–Kier alpha value is -1.10. The second-order valence-corrected chi connectivity index (χ2v) is 5.48. The third kappa shape index (κ3) is 3.45. The van der Waals surface area contributed by atoms with E-state index in [1.165, 1.54) is 0 Å². The van der Waals surface area contributed by atoms with E-state index in [0.717, 1.165) is 38.8 Å². The number of nitrogens with one attached hydrogen (secondary N) is 2. The Morgan fingerprint density at radius 2 is 2.06 bits per heavy atom. The molecule has 18 heavy (non-hydrogen) atoms. The standard InChI is InChI=1S/C13H23N3O2/c1-10-3-4-11(9-10)15-12(17)13(18)16-7-2-5-14-6-8-16/h10-11,14H,2-9H2,1H3,(H,15,17). The van der Waals surface area contributed by atoms with Gasteiger partial charge in [-0.25, -0.2) is 0 Å². The van der Waals surface area contributed by atoms with Crippen LogP contribution in [0.1, 0.15) is 32.6 Å². The van der Waals surface area contributed by atoms with Crippen molar-refractivity contribution in [2.24, 2.45) is 5.92 Å². The van der Waals surface area contributed by atoms with Gasteiger partial charge in [0.25, 0.3) is 0 Å². The van der Waals surface area contributed by atoms with E-state index in [4.69, 9.17) is 0 Å². The monoisotopic (exact) mass is 253 g/mol. The highest BCUT2D eigenvalue weighted by molar-refractivity contribution is 6.35. The van der Waals surface area contributed by atoms with Gasteiger partial charge in [0.15, 0.2) is 0 Å². The minimum absolute atomic E-state index is 0.196. The fourth-order valence-corrected chi connectivity index (χ4v) is 2.78. The first-order valence-corrected chi connectivity index (χ1v) is 6.97. The van der Waals surface area contributed by atoms with E-state index < -0.39 is 5.91 Å². The van der Waals surface area contributed by atoms with Crippen LogP contribution in [0.15, 0.2) is 0 Å². The van der Waals surface area contributed by atoms with Gasteiger partial charge in [0.05, 0.1) is 0 Å². The highest BCUT2D eigenvalue weighted by Gasteiger charge is 2.27. The molecular formula is C13H23N3O2. The Morgan fingerprint density at radius 1 is 1.22 bits per heavy atom. The van der Waals surface area contributed by atoms with E-state index in [0.29, 0.717) is 19.0 Å². The zero-order valence-corrected chi connectivity index (χ0v) is 11.1. The van der Waals surface area contributed by atoms with Gasteiger partial charge >= 0.3 is 11.8 Å². The summed E-state index contributed by atoms with van der Waals surface area (Å²) in [7, 11) is 0. The van der Waals surface area contributed by atoms with Crippen LogP contribution in [-0.4, -0.2) is 48.9 Å². The summed E-state index contributed by atoms with van der Waals surface area (Å²) >= 11 is 0. The molecule has 0 spiro atoms. The van der Waals surface area contributed by atoms with E-state index in [-0.39, 0.29) is 11.9 Å². The molecule has 2 unspecified atom stereocenters. The Morgan fingerprint density at radius 3 is 2.78 bits per heavy atom. The molecule has 1 aliphatic heterocycles. The summed E-state index contributed by atoms with van der Waals surface area (Å²) in [5, 5.41) is 6.10. The average molecular weight is 253 g/mol. The predicted molar refractivity (Wildman–Crippen MR) is 69.0 cm³/mol. The number of carbonyl (C=O) groups is 2. The maximum atomic E-state index is 12.0. The number of amides is 2. The summed E-state index contributed by atoms with van der Waals surface area (Å²) in [6.07, 6.45) is 4.06. The molecular weight excluding hydrogens is 230 g/mol. The van der Waals surface area contributed by atoms with Crippen molar-refractivity contribution in [2.45, 2.75) is 38.6 Å². The molecule has 1 aliphatic carbocycles. The van der Waals surface area contributed by atoms with Gasteiger partial charge in [0.2, 0.25) is 0 Å². The molecule has 102 valence electrons. The maximum absolute atomic E-state index is 12.0. The third-order valence-corrected chi connectivity index (χ3v) is 3.85. The fourth-order valence-electron chi connectivity index (χ4n) is 2.78. The first-order valence-electron chi connectivity index (χ1n) is 6.97. The number of hydrogen-bond acceptors (Lipinski definition) is 3. The van der Waals surface area contributed by atoms with Crippen molar-refractivity contribution in [3.63, 3.8) is 0 Å². The lowest BCUT2D eigenvalue weighted by atomic mass is 10.1. The Kier molecular flexibility index (Phi) is 4.58. The van der Waals surface area contributed by atoms with Crippen LogP contribution in [-0.2, 0) is 9.59 Å². The molecule has 2 aliphatic rings. The first kappa shape index (κ1) is 13.3. The number of carbonyl (C=O) groups excluding carboxylic acids is 2. The molecule has 0 aromatic rings. The van der Waals surface area contributed by atoms with E-state index in [1.54, 1.807) is 4.90 Å². The zero-order chi connectivity index (χ0) is 13.0. The maximum Gasteiger partial charge on any atom is 0.311 e. The van der Waals surface area contributed by atoms with Crippen LogP contribution in [0, 0.1) is 5.92 Å². The molecule has 1 saturated carbocycles. The molecule has 0 radical (unpaired) electrons. The van der Waals surface area contributed by atoms with Crippen LogP contribution >= 0.6 is 0 Å². The largest absolute Gasteiger partial charge is 0.345 e. The van der Waals surface area contributed by atoms with Crippen LogP contribution in [0.4, 0.5) is 0 Å². The normalized spacial score (nSPS) is 28.8. The van der Waals surface area contributed by atoms with Crippen molar-refractivity contribution in [1.29, 1.82) is 0 Å². The van der Waals surface area contributed by atoms with Crippen molar-refractivity contribution < 1.29 is 9.59 Å². The van der Waals surface area contributed by atoms with Gasteiger partial charge in [-0.1, -0.05) is 6.92 Å². The SMILES string of the molecule is CC1CCC(NC(=O)C(=O)N2CCCNCC2)C1. The van der Waals surface area contributed by atoms with Crippen molar-refractivity contribution in [3.05, 3.63) is 0 Å². The van der Waals surface area contributed by atoms with Crippen LogP contribution in [0.25, 0.3) is 0 Å². The van der Waals surface area contributed by atoms with Crippen LogP contribution in [0.5, 0.6) is 0 Å². The second kappa shape index (κ2) is 6.18. The average Bonchev–Trinajstić information content (AvgIpc) is 2.62. The molecule has 0 bridgehead atoms. The minimum Gasteiger partial charge on any atom is -0.345 e. The number of rotatable bonds is 1.